The molecule has 18 heavy (non-hydrogen) atoms. The number of nitrogens with zero attached hydrogens (tertiary/aromatic N) is 3. The van der Waals surface area contributed by atoms with E-state index in [1.165, 1.54) is 6.33 Å². The molecule has 1 aromatic heterocycles. The molecule has 0 aliphatic heterocycles. The lowest BCUT2D eigenvalue weighted by molar-refractivity contribution is 0.252. The summed E-state index contributed by atoms with van der Waals surface area (Å²) in [4.78, 5) is 11.9. The summed E-state index contributed by atoms with van der Waals surface area (Å²) >= 11 is 0.494. The van der Waals surface area contributed by atoms with E-state index < -0.39 is 5.76 Å². The first-order valence-electron chi connectivity index (χ1n) is 4.90. The van der Waals surface area contributed by atoms with Crippen LogP contribution in [-0.4, -0.2) is 20.7 Å². The zero-order chi connectivity index (χ0) is 13.0. The Kier molecular flexibility index (Phi) is 3.88. The Morgan fingerprint density at radius 1 is 1.17 bits per heavy atom. The van der Waals surface area contributed by atoms with Crippen LogP contribution in [0, 0.1) is 0 Å². The van der Waals surface area contributed by atoms with E-state index in [1.807, 2.05) is 0 Å². The average molecular weight is 269 g/mol. The van der Waals surface area contributed by atoms with E-state index in [0.717, 1.165) is 0 Å². The van der Waals surface area contributed by atoms with Gasteiger partial charge in [-0.25, -0.2) is 9.97 Å². The van der Waals surface area contributed by atoms with Crippen molar-refractivity contribution in [1.29, 1.82) is 0 Å². The number of anilines is 3. The van der Waals surface area contributed by atoms with Crippen molar-refractivity contribution in [3.05, 3.63) is 30.6 Å². The molecule has 3 N–H and O–H groups in total. The second-order valence-corrected chi connectivity index (χ2v) is 4.26. The fourth-order valence-corrected chi connectivity index (χ4v) is 1.72. The van der Waals surface area contributed by atoms with Crippen LogP contribution in [0.3, 0.4) is 0 Å². The molecule has 94 valence electrons. The molecule has 1 heterocycles. The summed E-state index contributed by atoms with van der Waals surface area (Å²) in [6, 6.07) is 6.49. The number of halogens is 2. The molecule has 8 heteroatoms. The van der Waals surface area contributed by atoms with Gasteiger partial charge in [-0.05, 0) is 24.3 Å². The van der Waals surface area contributed by atoms with E-state index in [1.54, 1.807) is 24.3 Å². The minimum atomic E-state index is -2.42. The van der Waals surface area contributed by atoms with E-state index in [9.17, 15) is 8.78 Å². The van der Waals surface area contributed by atoms with E-state index in [-0.39, 0.29) is 5.95 Å². The third-order valence-corrected chi connectivity index (χ3v) is 2.65. The van der Waals surface area contributed by atoms with E-state index in [4.69, 9.17) is 5.73 Å². The van der Waals surface area contributed by atoms with Crippen LogP contribution in [0.5, 0.6) is 0 Å². The number of aromatic nitrogens is 3. The van der Waals surface area contributed by atoms with Crippen LogP contribution < -0.4 is 11.1 Å². The molecule has 2 aromatic rings. The minimum Gasteiger partial charge on any atom is -0.368 e. The number of nitrogen functional groups attached to an aromatic ring is 1. The summed E-state index contributed by atoms with van der Waals surface area (Å²) < 4.78 is 24.2. The molecule has 0 aliphatic rings. The maximum Gasteiger partial charge on any atom is 0.288 e. The third kappa shape index (κ3) is 3.52. The Labute approximate surface area is 106 Å². The van der Waals surface area contributed by atoms with Gasteiger partial charge in [-0.1, -0.05) is 11.8 Å². The van der Waals surface area contributed by atoms with Gasteiger partial charge in [-0.3, -0.25) is 0 Å². The van der Waals surface area contributed by atoms with Crippen molar-refractivity contribution in [3.8, 4) is 0 Å². The normalized spacial score (nSPS) is 10.6. The number of alkyl halides is 2. The molecular weight excluding hydrogens is 260 g/mol. The van der Waals surface area contributed by atoms with Gasteiger partial charge in [0.2, 0.25) is 11.9 Å². The highest BCUT2D eigenvalue weighted by molar-refractivity contribution is 7.99. The lowest BCUT2D eigenvalue weighted by Gasteiger charge is -2.05. The Bertz CT molecular complexity index is 520. The number of thioether (sulfide) groups is 1. The van der Waals surface area contributed by atoms with Gasteiger partial charge >= 0.3 is 0 Å². The first kappa shape index (κ1) is 12.5. The minimum absolute atomic E-state index is 0.109. The molecule has 0 fully saturated rings. The van der Waals surface area contributed by atoms with Crippen molar-refractivity contribution in [2.24, 2.45) is 0 Å². The van der Waals surface area contributed by atoms with Crippen LogP contribution in [-0.2, 0) is 0 Å². The summed E-state index contributed by atoms with van der Waals surface area (Å²) in [5.74, 6) is -2.01. The zero-order valence-electron chi connectivity index (χ0n) is 9.05. The number of nitrogens with two attached hydrogens (primary N) is 1. The molecule has 0 spiro atoms. The molecule has 0 radical (unpaired) electrons. The van der Waals surface area contributed by atoms with Crippen molar-refractivity contribution in [2.75, 3.05) is 11.1 Å². The molecule has 5 nitrogen and oxygen atoms in total. The Hall–Kier alpha value is -1.96. The van der Waals surface area contributed by atoms with Crippen LogP contribution >= 0.6 is 11.8 Å². The summed E-state index contributed by atoms with van der Waals surface area (Å²) in [5.41, 5.74) is 6.08. The summed E-state index contributed by atoms with van der Waals surface area (Å²) in [5, 5.41) is 2.89. The summed E-state index contributed by atoms with van der Waals surface area (Å²) in [7, 11) is 0. The summed E-state index contributed by atoms with van der Waals surface area (Å²) in [6.07, 6.45) is 1.28. The molecule has 2 rings (SSSR count). The highest BCUT2D eigenvalue weighted by Gasteiger charge is 2.05. The Morgan fingerprint density at radius 3 is 2.50 bits per heavy atom. The summed E-state index contributed by atoms with van der Waals surface area (Å²) in [6.45, 7) is 0. The van der Waals surface area contributed by atoms with Crippen LogP contribution in [0.15, 0.2) is 35.5 Å². The SMILES string of the molecule is Nc1ncnc(Nc2ccc(SC(F)F)cc2)n1. The van der Waals surface area contributed by atoms with E-state index in [0.29, 0.717) is 28.3 Å². The fraction of sp³-hybridized carbons (Fsp3) is 0.100. The number of nitrogens with one attached hydrogen (secondary N) is 1. The average Bonchev–Trinajstić information content (AvgIpc) is 2.31. The van der Waals surface area contributed by atoms with Gasteiger partial charge in [-0.2, -0.15) is 13.8 Å². The molecule has 0 atom stereocenters. The quantitative estimate of drug-likeness (QED) is 0.830. The number of hydrogen-bond donors (Lipinski definition) is 2. The monoisotopic (exact) mass is 269 g/mol. The molecule has 0 bridgehead atoms. The van der Waals surface area contributed by atoms with Crippen LogP contribution in [0.25, 0.3) is 0 Å². The molecule has 0 saturated heterocycles. The molecule has 0 aliphatic carbocycles. The Morgan fingerprint density at radius 2 is 1.89 bits per heavy atom. The number of benzene rings is 1. The van der Waals surface area contributed by atoms with Crippen LogP contribution in [0.2, 0.25) is 0 Å². The van der Waals surface area contributed by atoms with E-state index in [2.05, 4.69) is 20.3 Å². The largest absolute Gasteiger partial charge is 0.368 e. The predicted octanol–water partition coefficient (Wildman–Crippen LogP) is 2.51. The maximum atomic E-state index is 12.1. The first-order valence-corrected chi connectivity index (χ1v) is 5.78. The van der Waals surface area contributed by atoms with Gasteiger partial charge in [0.05, 0.1) is 0 Å². The molecule has 0 unspecified atom stereocenters. The van der Waals surface area contributed by atoms with Crippen molar-refractivity contribution < 1.29 is 8.78 Å². The number of rotatable bonds is 4. The van der Waals surface area contributed by atoms with Crippen molar-refractivity contribution in [3.63, 3.8) is 0 Å². The topological polar surface area (TPSA) is 76.7 Å². The van der Waals surface area contributed by atoms with Crippen LogP contribution in [0.1, 0.15) is 0 Å². The smallest absolute Gasteiger partial charge is 0.288 e. The standard InChI is InChI=1S/C10H9F2N5S/c11-8(12)18-7-3-1-6(2-4-7)16-10-15-5-14-9(13)17-10/h1-5,8H,(H3,13,14,15,16,17). The lowest BCUT2D eigenvalue weighted by atomic mass is 10.3. The zero-order valence-corrected chi connectivity index (χ0v) is 9.86. The molecular formula is C10H9F2N5S. The first-order chi connectivity index (χ1) is 8.63. The van der Waals surface area contributed by atoms with Gasteiger partial charge in [0.1, 0.15) is 6.33 Å². The highest BCUT2D eigenvalue weighted by atomic mass is 32.2. The molecule has 0 saturated carbocycles. The second-order valence-electron chi connectivity index (χ2n) is 3.20. The number of hydrogen-bond acceptors (Lipinski definition) is 6. The van der Waals surface area contributed by atoms with Gasteiger partial charge in [-0.15, -0.1) is 0 Å². The highest BCUT2D eigenvalue weighted by Crippen LogP contribution is 2.26. The Balaban J connectivity index is 2.06. The lowest BCUT2D eigenvalue weighted by Crippen LogP contribution is -2.01. The fourth-order valence-electron chi connectivity index (χ4n) is 1.22. The van der Waals surface area contributed by atoms with Gasteiger partial charge in [0.25, 0.3) is 5.76 Å². The van der Waals surface area contributed by atoms with E-state index >= 15 is 0 Å². The maximum absolute atomic E-state index is 12.1. The van der Waals surface area contributed by atoms with Crippen LogP contribution in [0.4, 0.5) is 26.4 Å². The van der Waals surface area contributed by atoms with Gasteiger partial charge in [0, 0.05) is 10.6 Å². The molecule has 0 amide bonds. The van der Waals surface area contributed by atoms with Crippen molar-refractivity contribution in [1.82, 2.24) is 15.0 Å². The van der Waals surface area contributed by atoms with Crippen molar-refractivity contribution in [2.45, 2.75) is 10.7 Å². The third-order valence-electron chi connectivity index (χ3n) is 1.93. The second kappa shape index (κ2) is 5.58. The van der Waals surface area contributed by atoms with Gasteiger partial charge in [0.15, 0.2) is 0 Å². The van der Waals surface area contributed by atoms with Gasteiger partial charge < -0.3 is 11.1 Å². The molecule has 1 aromatic carbocycles. The van der Waals surface area contributed by atoms with Crippen molar-refractivity contribution >= 4 is 29.3 Å². The predicted molar refractivity (Wildman–Crippen MR) is 65.8 cm³/mol.